The standard InChI is InChI=1S/C21H29NO2/c1-15(2)23-20-11-10-19(21(12-20)24-16(3)4)14-22-13-18-8-6-17(5)7-9-18/h6-12,15-16,22H,13-14H2,1-5H3. The lowest BCUT2D eigenvalue weighted by Gasteiger charge is -2.17. The normalized spacial score (nSPS) is 11.1. The maximum atomic E-state index is 5.97. The van der Waals surface area contributed by atoms with Crippen LogP contribution in [0.2, 0.25) is 0 Å². The first kappa shape index (κ1) is 18.3. The van der Waals surface area contributed by atoms with E-state index in [1.807, 2.05) is 39.8 Å². The number of benzene rings is 2. The molecular weight excluding hydrogens is 298 g/mol. The van der Waals surface area contributed by atoms with E-state index in [4.69, 9.17) is 9.47 Å². The molecule has 3 nitrogen and oxygen atoms in total. The Labute approximate surface area is 146 Å². The zero-order valence-electron chi connectivity index (χ0n) is 15.4. The highest BCUT2D eigenvalue weighted by atomic mass is 16.5. The van der Waals surface area contributed by atoms with Gasteiger partial charge in [-0.3, -0.25) is 0 Å². The van der Waals surface area contributed by atoms with Gasteiger partial charge in [-0.15, -0.1) is 0 Å². The Morgan fingerprint density at radius 3 is 2.12 bits per heavy atom. The molecule has 0 unspecified atom stereocenters. The van der Waals surface area contributed by atoms with Gasteiger partial charge in [-0.25, -0.2) is 0 Å². The summed E-state index contributed by atoms with van der Waals surface area (Å²) in [5.74, 6) is 1.74. The first-order chi connectivity index (χ1) is 11.4. The summed E-state index contributed by atoms with van der Waals surface area (Å²) in [7, 11) is 0. The number of aryl methyl sites for hydroxylation is 1. The highest BCUT2D eigenvalue weighted by Gasteiger charge is 2.09. The van der Waals surface area contributed by atoms with Crippen LogP contribution >= 0.6 is 0 Å². The zero-order valence-corrected chi connectivity index (χ0v) is 15.4. The molecule has 0 saturated heterocycles. The smallest absolute Gasteiger partial charge is 0.127 e. The Hall–Kier alpha value is -2.00. The van der Waals surface area contributed by atoms with Crippen LogP contribution in [-0.4, -0.2) is 12.2 Å². The third-order valence-corrected chi connectivity index (χ3v) is 3.54. The summed E-state index contributed by atoms with van der Waals surface area (Å²) >= 11 is 0. The van der Waals surface area contributed by atoms with Gasteiger partial charge in [-0.05, 0) is 46.2 Å². The molecule has 0 heterocycles. The molecule has 0 amide bonds. The number of hydrogen-bond acceptors (Lipinski definition) is 3. The molecule has 0 spiro atoms. The van der Waals surface area contributed by atoms with Crippen molar-refractivity contribution in [3.05, 3.63) is 59.2 Å². The van der Waals surface area contributed by atoms with Crippen LogP contribution in [0.4, 0.5) is 0 Å². The fourth-order valence-corrected chi connectivity index (χ4v) is 2.44. The molecule has 0 bridgehead atoms. The van der Waals surface area contributed by atoms with Crippen molar-refractivity contribution in [2.45, 2.75) is 59.9 Å². The summed E-state index contributed by atoms with van der Waals surface area (Å²) in [4.78, 5) is 0. The summed E-state index contributed by atoms with van der Waals surface area (Å²) in [6, 6.07) is 14.7. The number of nitrogens with one attached hydrogen (secondary N) is 1. The summed E-state index contributed by atoms with van der Waals surface area (Å²) in [6.45, 7) is 11.8. The van der Waals surface area contributed by atoms with E-state index < -0.39 is 0 Å². The van der Waals surface area contributed by atoms with Gasteiger partial charge in [0.2, 0.25) is 0 Å². The van der Waals surface area contributed by atoms with Gasteiger partial charge in [0.1, 0.15) is 11.5 Å². The van der Waals surface area contributed by atoms with Gasteiger partial charge >= 0.3 is 0 Å². The summed E-state index contributed by atoms with van der Waals surface area (Å²) in [6.07, 6.45) is 0.289. The maximum absolute atomic E-state index is 5.97. The van der Waals surface area contributed by atoms with Crippen molar-refractivity contribution < 1.29 is 9.47 Å². The zero-order chi connectivity index (χ0) is 17.5. The van der Waals surface area contributed by atoms with E-state index in [9.17, 15) is 0 Å². The molecule has 2 aromatic rings. The molecule has 0 radical (unpaired) electrons. The van der Waals surface area contributed by atoms with Gasteiger partial charge < -0.3 is 14.8 Å². The van der Waals surface area contributed by atoms with Crippen molar-refractivity contribution in [3.8, 4) is 11.5 Å². The summed E-state index contributed by atoms with van der Waals surface area (Å²) < 4.78 is 11.7. The van der Waals surface area contributed by atoms with Crippen LogP contribution in [0.3, 0.4) is 0 Å². The van der Waals surface area contributed by atoms with Crippen molar-refractivity contribution in [2.24, 2.45) is 0 Å². The van der Waals surface area contributed by atoms with E-state index in [2.05, 4.69) is 42.6 Å². The molecule has 0 aliphatic heterocycles. The Morgan fingerprint density at radius 1 is 0.833 bits per heavy atom. The van der Waals surface area contributed by atoms with Gasteiger partial charge in [0.05, 0.1) is 12.2 Å². The average molecular weight is 327 g/mol. The number of ether oxygens (including phenoxy) is 2. The monoisotopic (exact) mass is 327 g/mol. The lowest BCUT2D eigenvalue weighted by atomic mass is 10.1. The molecule has 0 aliphatic carbocycles. The minimum Gasteiger partial charge on any atom is -0.491 e. The van der Waals surface area contributed by atoms with Gasteiger partial charge in [0.25, 0.3) is 0 Å². The molecule has 0 saturated carbocycles. The molecule has 0 aromatic heterocycles. The molecule has 3 heteroatoms. The second-order valence-corrected chi connectivity index (χ2v) is 6.69. The van der Waals surface area contributed by atoms with Crippen molar-refractivity contribution in [1.82, 2.24) is 5.32 Å². The first-order valence-corrected chi connectivity index (χ1v) is 8.66. The average Bonchev–Trinajstić information content (AvgIpc) is 2.50. The molecular formula is C21H29NO2. The largest absolute Gasteiger partial charge is 0.491 e. The van der Waals surface area contributed by atoms with E-state index in [1.165, 1.54) is 11.1 Å². The van der Waals surface area contributed by atoms with E-state index in [0.29, 0.717) is 0 Å². The molecule has 0 atom stereocenters. The lowest BCUT2D eigenvalue weighted by molar-refractivity contribution is 0.227. The second kappa shape index (κ2) is 8.74. The molecule has 0 fully saturated rings. The van der Waals surface area contributed by atoms with Crippen molar-refractivity contribution in [2.75, 3.05) is 0 Å². The predicted molar refractivity (Wildman–Crippen MR) is 99.7 cm³/mol. The van der Waals surface area contributed by atoms with Crippen LogP contribution in [0, 0.1) is 6.92 Å². The highest BCUT2D eigenvalue weighted by Crippen LogP contribution is 2.26. The van der Waals surface area contributed by atoms with Crippen LogP contribution in [0.5, 0.6) is 11.5 Å². The third-order valence-electron chi connectivity index (χ3n) is 3.54. The fourth-order valence-electron chi connectivity index (χ4n) is 2.44. The van der Waals surface area contributed by atoms with Crippen LogP contribution in [0.25, 0.3) is 0 Å². The van der Waals surface area contributed by atoms with Crippen molar-refractivity contribution in [3.63, 3.8) is 0 Å². The van der Waals surface area contributed by atoms with E-state index in [-0.39, 0.29) is 12.2 Å². The Morgan fingerprint density at radius 2 is 1.50 bits per heavy atom. The SMILES string of the molecule is Cc1ccc(CNCc2ccc(OC(C)C)cc2OC(C)C)cc1. The summed E-state index contributed by atoms with van der Waals surface area (Å²) in [5.41, 5.74) is 3.71. The third kappa shape index (κ3) is 5.89. The minimum atomic E-state index is 0.134. The van der Waals surface area contributed by atoms with E-state index in [0.717, 1.165) is 30.2 Å². The van der Waals surface area contributed by atoms with Gasteiger partial charge in [0.15, 0.2) is 0 Å². The van der Waals surface area contributed by atoms with Gasteiger partial charge in [-0.2, -0.15) is 0 Å². The van der Waals surface area contributed by atoms with Gasteiger partial charge in [0, 0.05) is 24.7 Å². The second-order valence-electron chi connectivity index (χ2n) is 6.69. The van der Waals surface area contributed by atoms with E-state index >= 15 is 0 Å². The minimum absolute atomic E-state index is 0.134. The first-order valence-electron chi connectivity index (χ1n) is 8.66. The quantitative estimate of drug-likeness (QED) is 0.751. The fraction of sp³-hybridized carbons (Fsp3) is 0.429. The van der Waals surface area contributed by atoms with Crippen LogP contribution in [-0.2, 0) is 13.1 Å². The maximum Gasteiger partial charge on any atom is 0.127 e. The molecule has 130 valence electrons. The lowest BCUT2D eigenvalue weighted by Crippen LogP contribution is -2.15. The Bertz CT molecular complexity index is 633. The molecule has 2 rings (SSSR count). The summed E-state index contributed by atoms with van der Waals surface area (Å²) in [5, 5.41) is 3.49. The van der Waals surface area contributed by atoms with Crippen LogP contribution in [0.1, 0.15) is 44.4 Å². The van der Waals surface area contributed by atoms with Crippen molar-refractivity contribution in [1.29, 1.82) is 0 Å². The van der Waals surface area contributed by atoms with Crippen LogP contribution in [0.15, 0.2) is 42.5 Å². The molecule has 0 aliphatic rings. The van der Waals surface area contributed by atoms with Crippen molar-refractivity contribution >= 4 is 0 Å². The van der Waals surface area contributed by atoms with E-state index in [1.54, 1.807) is 0 Å². The number of hydrogen-bond donors (Lipinski definition) is 1. The molecule has 2 aromatic carbocycles. The Kier molecular flexibility index (Phi) is 6.68. The van der Waals surface area contributed by atoms with Gasteiger partial charge in [-0.1, -0.05) is 35.9 Å². The predicted octanol–water partition coefficient (Wildman–Crippen LogP) is 4.86. The van der Waals surface area contributed by atoms with Crippen LogP contribution < -0.4 is 14.8 Å². The number of rotatable bonds is 8. The highest BCUT2D eigenvalue weighted by molar-refractivity contribution is 5.41. The molecule has 24 heavy (non-hydrogen) atoms. The Balaban J connectivity index is 2.02. The molecule has 1 N–H and O–H groups in total. The topological polar surface area (TPSA) is 30.5 Å².